The van der Waals surface area contributed by atoms with E-state index in [0.29, 0.717) is 12.2 Å². The van der Waals surface area contributed by atoms with Crippen LogP contribution in [0, 0.1) is 10.1 Å². The zero-order valence-corrected chi connectivity index (χ0v) is 9.65. The van der Waals surface area contributed by atoms with Crippen LogP contribution in [0.1, 0.15) is 6.92 Å². The van der Waals surface area contributed by atoms with Crippen molar-refractivity contribution >= 4 is 11.4 Å². The van der Waals surface area contributed by atoms with Crippen molar-refractivity contribution in [3.63, 3.8) is 0 Å². The second kappa shape index (κ2) is 7.47. The standard InChI is InChI=1S/C8H10N2O3.C2H7N/c1-2-9-7-4-3-6(11)5-8(7)10(12)13;1-3-2/h3-5,9,11H,2H2,1H3;3H,1-2H3. The molecule has 0 saturated heterocycles. The normalized spacial score (nSPS) is 8.94. The van der Waals surface area contributed by atoms with E-state index in [9.17, 15) is 10.1 Å². The molecular weight excluding hydrogens is 210 g/mol. The number of nitrogens with one attached hydrogen (secondary N) is 2. The van der Waals surface area contributed by atoms with Crippen LogP contribution in [-0.2, 0) is 0 Å². The highest BCUT2D eigenvalue weighted by Crippen LogP contribution is 2.27. The Morgan fingerprint density at radius 3 is 2.44 bits per heavy atom. The van der Waals surface area contributed by atoms with E-state index in [2.05, 4.69) is 10.6 Å². The summed E-state index contributed by atoms with van der Waals surface area (Å²) in [4.78, 5) is 9.97. The van der Waals surface area contributed by atoms with Crippen molar-refractivity contribution in [1.29, 1.82) is 0 Å². The van der Waals surface area contributed by atoms with E-state index >= 15 is 0 Å². The number of hydrogen-bond acceptors (Lipinski definition) is 5. The summed E-state index contributed by atoms with van der Waals surface area (Å²) in [5, 5.41) is 25.1. The largest absolute Gasteiger partial charge is 0.508 e. The molecule has 90 valence electrons. The SMILES string of the molecule is CCNc1ccc(O)cc1[N+](=O)[O-].CNC. The summed E-state index contributed by atoms with van der Waals surface area (Å²) in [6, 6.07) is 4.01. The van der Waals surface area contributed by atoms with Gasteiger partial charge in [0.25, 0.3) is 5.69 Å². The lowest BCUT2D eigenvalue weighted by molar-refractivity contribution is -0.384. The third kappa shape index (κ3) is 4.61. The molecule has 0 aliphatic heterocycles. The Bertz CT molecular complexity index is 342. The molecule has 0 fully saturated rings. The Balaban J connectivity index is 0.000000673. The summed E-state index contributed by atoms with van der Waals surface area (Å²) in [7, 11) is 3.75. The molecule has 0 bridgehead atoms. The molecule has 16 heavy (non-hydrogen) atoms. The Labute approximate surface area is 94.4 Å². The van der Waals surface area contributed by atoms with Crippen LogP contribution in [0.4, 0.5) is 11.4 Å². The van der Waals surface area contributed by atoms with E-state index in [1.165, 1.54) is 12.1 Å². The van der Waals surface area contributed by atoms with E-state index < -0.39 is 4.92 Å². The van der Waals surface area contributed by atoms with Crippen molar-refractivity contribution in [3.05, 3.63) is 28.3 Å². The molecule has 6 heteroatoms. The maximum Gasteiger partial charge on any atom is 0.296 e. The fraction of sp³-hybridized carbons (Fsp3) is 0.400. The number of nitro benzene ring substituents is 1. The minimum atomic E-state index is -0.530. The Hall–Kier alpha value is -1.82. The van der Waals surface area contributed by atoms with Gasteiger partial charge in [0.1, 0.15) is 11.4 Å². The molecule has 1 aromatic carbocycles. The molecule has 0 aromatic heterocycles. The number of phenols is 1. The van der Waals surface area contributed by atoms with Gasteiger partial charge >= 0.3 is 0 Å². The van der Waals surface area contributed by atoms with Crippen molar-refractivity contribution in [2.45, 2.75) is 6.92 Å². The summed E-state index contributed by atoms with van der Waals surface area (Å²) < 4.78 is 0. The monoisotopic (exact) mass is 227 g/mol. The van der Waals surface area contributed by atoms with Crippen LogP contribution in [0.2, 0.25) is 0 Å². The first-order valence-electron chi connectivity index (χ1n) is 4.86. The van der Waals surface area contributed by atoms with Gasteiger partial charge in [0.15, 0.2) is 0 Å². The van der Waals surface area contributed by atoms with Crippen molar-refractivity contribution in [2.24, 2.45) is 0 Å². The average Bonchev–Trinajstić information content (AvgIpc) is 2.22. The summed E-state index contributed by atoms with van der Waals surface area (Å²) in [5.74, 6) is -0.103. The Morgan fingerprint density at radius 1 is 1.44 bits per heavy atom. The number of nitrogens with zero attached hydrogens (tertiary/aromatic N) is 1. The van der Waals surface area contributed by atoms with Crippen molar-refractivity contribution in [3.8, 4) is 5.75 Å². The zero-order chi connectivity index (χ0) is 12.6. The first kappa shape index (κ1) is 14.2. The van der Waals surface area contributed by atoms with Gasteiger partial charge in [0.05, 0.1) is 11.0 Å². The van der Waals surface area contributed by atoms with Crippen LogP contribution in [0.15, 0.2) is 18.2 Å². The van der Waals surface area contributed by atoms with Crippen molar-refractivity contribution < 1.29 is 10.0 Å². The third-order valence-electron chi connectivity index (χ3n) is 1.55. The molecule has 1 aromatic rings. The van der Waals surface area contributed by atoms with E-state index in [-0.39, 0.29) is 11.4 Å². The van der Waals surface area contributed by atoms with Gasteiger partial charge in [-0.25, -0.2) is 0 Å². The average molecular weight is 227 g/mol. The quantitative estimate of drug-likeness (QED) is 0.414. The first-order valence-corrected chi connectivity index (χ1v) is 4.86. The minimum Gasteiger partial charge on any atom is -0.508 e. The van der Waals surface area contributed by atoms with Crippen LogP contribution in [0.3, 0.4) is 0 Å². The molecule has 3 N–H and O–H groups in total. The number of hydrogen-bond donors (Lipinski definition) is 3. The van der Waals surface area contributed by atoms with Crippen LogP contribution >= 0.6 is 0 Å². The van der Waals surface area contributed by atoms with Crippen LogP contribution in [-0.4, -0.2) is 30.7 Å². The second-order valence-corrected chi connectivity index (χ2v) is 2.99. The van der Waals surface area contributed by atoms with Gasteiger partial charge in [0, 0.05) is 6.54 Å². The van der Waals surface area contributed by atoms with E-state index in [1.54, 1.807) is 0 Å². The lowest BCUT2D eigenvalue weighted by atomic mass is 10.2. The van der Waals surface area contributed by atoms with Gasteiger partial charge in [-0.3, -0.25) is 10.1 Å². The molecular formula is C10H17N3O3. The number of benzene rings is 1. The molecule has 0 amide bonds. The summed E-state index contributed by atoms with van der Waals surface area (Å²) in [6.45, 7) is 2.45. The van der Waals surface area contributed by atoms with Crippen LogP contribution in [0.5, 0.6) is 5.75 Å². The molecule has 0 spiro atoms. The molecule has 1 rings (SSSR count). The van der Waals surface area contributed by atoms with Gasteiger partial charge < -0.3 is 15.7 Å². The minimum absolute atomic E-state index is 0.103. The van der Waals surface area contributed by atoms with E-state index in [1.807, 2.05) is 21.0 Å². The van der Waals surface area contributed by atoms with E-state index in [0.717, 1.165) is 6.07 Å². The van der Waals surface area contributed by atoms with Gasteiger partial charge in [-0.05, 0) is 33.2 Å². The second-order valence-electron chi connectivity index (χ2n) is 2.99. The summed E-state index contributed by atoms with van der Waals surface area (Å²) in [5.41, 5.74) is 0.312. The highest BCUT2D eigenvalue weighted by atomic mass is 16.6. The highest BCUT2D eigenvalue weighted by molar-refractivity contribution is 5.63. The predicted molar refractivity (Wildman–Crippen MR) is 63.9 cm³/mol. The van der Waals surface area contributed by atoms with Crippen molar-refractivity contribution in [2.75, 3.05) is 26.0 Å². The maximum absolute atomic E-state index is 10.5. The zero-order valence-electron chi connectivity index (χ0n) is 9.65. The van der Waals surface area contributed by atoms with Crippen LogP contribution in [0.25, 0.3) is 0 Å². The number of phenolic OH excluding ortho intramolecular Hbond substituents is 1. The lowest BCUT2D eigenvalue weighted by Crippen LogP contribution is -2.00. The molecule has 0 aliphatic rings. The number of aromatic hydroxyl groups is 1. The van der Waals surface area contributed by atoms with Gasteiger partial charge in [-0.15, -0.1) is 0 Å². The predicted octanol–water partition coefficient (Wildman–Crippen LogP) is 1.57. The van der Waals surface area contributed by atoms with Crippen LogP contribution < -0.4 is 10.6 Å². The molecule has 0 atom stereocenters. The Kier molecular flexibility index (Phi) is 6.62. The maximum atomic E-state index is 10.5. The Morgan fingerprint density at radius 2 is 2.00 bits per heavy atom. The summed E-state index contributed by atoms with van der Waals surface area (Å²) >= 11 is 0. The molecule has 0 unspecified atom stereocenters. The number of nitro groups is 1. The first-order chi connectivity index (χ1) is 7.56. The molecule has 6 nitrogen and oxygen atoms in total. The highest BCUT2D eigenvalue weighted by Gasteiger charge is 2.13. The van der Waals surface area contributed by atoms with Gasteiger partial charge in [-0.2, -0.15) is 0 Å². The molecule has 0 radical (unpaired) electrons. The molecule has 0 heterocycles. The topological polar surface area (TPSA) is 87.4 Å². The van der Waals surface area contributed by atoms with Gasteiger partial charge in [0.2, 0.25) is 0 Å². The smallest absolute Gasteiger partial charge is 0.296 e. The lowest BCUT2D eigenvalue weighted by Gasteiger charge is -2.03. The summed E-state index contributed by atoms with van der Waals surface area (Å²) in [6.07, 6.45) is 0. The third-order valence-corrected chi connectivity index (χ3v) is 1.55. The molecule has 0 saturated carbocycles. The molecule has 0 aliphatic carbocycles. The van der Waals surface area contributed by atoms with Crippen molar-refractivity contribution in [1.82, 2.24) is 5.32 Å². The number of rotatable bonds is 3. The number of anilines is 1. The fourth-order valence-electron chi connectivity index (χ4n) is 1.01. The van der Waals surface area contributed by atoms with Gasteiger partial charge in [-0.1, -0.05) is 0 Å². The fourth-order valence-corrected chi connectivity index (χ4v) is 1.01. The van der Waals surface area contributed by atoms with E-state index in [4.69, 9.17) is 5.11 Å².